The summed E-state index contributed by atoms with van der Waals surface area (Å²) in [5.41, 5.74) is 1.00. The van der Waals surface area contributed by atoms with Gasteiger partial charge >= 0.3 is 7.60 Å². The van der Waals surface area contributed by atoms with Crippen LogP contribution in [0.4, 0.5) is 0 Å². The molecule has 2 rings (SSSR count). The first-order valence-corrected chi connectivity index (χ1v) is 8.82. The largest absolute Gasteiger partial charge is 0.401 e. The van der Waals surface area contributed by atoms with Gasteiger partial charge in [-0.1, -0.05) is 66.7 Å². The average Bonchev–Trinajstić information content (AvgIpc) is 2.60. The van der Waals surface area contributed by atoms with Gasteiger partial charge in [0.2, 0.25) is 0 Å². The first-order chi connectivity index (χ1) is 11.1. The van der Waals surface area contributed by atoms with Crippen LogP contribution >= 0.6 is 7.60 Å². The highest BCUT2D eigenvalue weighted by atomic mass is 31.2. The molecule has 23 heavy (non-hydrogen) atoms. The van der Waals surface area contributed by atoms with E-state index < -0.39 is 13.1 Å². The van der Waals surface area contributed by atoms with Crippen LogP contribution in [0.3, 0.4) is 0 Å². The average molecular weight is 330 g/mol. The maximum absolute atomic E-state index is 12.8. The zero-order valence-electron chi connectivity index (χ0n) is 12.9. The fourth-order valence-corrected chi connectivity index (χ4v) is 3.16. The van der Waals surface area contributed by atoms with Gasteiger partial charge < -0.3 is 0 Å². The lowest BCUT2D eigenvalue weighted by Gasteiger charge is -2.16. The van der Waals surface area contributed by atoms with E-state index in [1.807, 2.05) is 60.7 Å². The number of hydrogen-bond donors (Lipinski definition) is 0. The van der Waals surface area contributed by atoms with Crippen LogP contribution in [0.15, 0.2) is 72.8 Å². The molecular weight excluding hydrogens is 311 g/mol. The van der Waals surface area contributed by atoms with Gasteiger partial charge in [-0.3, -0.25) is 18.4 Å². The summed E-state index contributed by atoms with van der Waals surface area (Å²) in [6.45, 7) is 1.78. The normalized spacial score (nSPS) is 11.7. The fraction of sp³-hybridized carbons (Fsp3) is 0.167. The molecule has 0 radical (unpaired) electrons. The third-order valence-corrected chi connectivity index (χ3v) is 4.69. The van der Waals surface area contributed by atoms with Crippen molar-refractivity contribution in [2.24, 2.45) is 0 Å². The summed E-state index contributed by atoms with van der Waals surface area (Å²) < 4.78 is 23.6. The second-order valence-corrected chi connectivity index (χ2v) is 6.81. The van der Waals surface area contributed by atoms with Crippen LogP contribution in [0.2, 0.25) is 0 Å². The highest BCUT2D eigenvalue weighted by Gasteiger charge is 2.33. The number of benzene rings is 2. The molecule has 0 unspecified atom stereocenters. The molecule has 5 heteroatoms. The smallest absolute Gasteiger partial charge is 0.298 e. The first kappa shape index (κ1) is 17.4. The van der Waals surface area contributed by atoms with Gasteiger partial charge in [0.1, 0.15) is 0 Å². The highest BCUT2D eigenvalue weighted by molar-refractivity contribution is 7.72. The second kappa shape index (κ2) is 8.59. The number of rotatable bonds is 8. The lowest BCUT2D eigenvalue weighted by Crippen LogP contribution is -2.05. The molecule has 0 heterocycles. The molecule has 0 atom stereocenters. The molecule has 0 aliphatic rings. The van der Waals surface area contributed by atoms with E-state index >= 15 is 0 Å². The topological polar surface area (TPSA) is 52.6 Å². The molecular formula is C18H19O4P. The predicted octanol–water partition coefficient (Wildman–Crippen LogP) is 4.72. The third kappa shape index (κ3) is 5.29. The van der Waals surface area contributed by atoms with Crippen molar-refractivity contribution in [2.75, 3.05) is 0 Å². The SMILES string of the molecule is C/C=C/C(=O)P(=O)(OCc1ccccc1)OCc1ccccc1. The van der Waals surface area contributed by atoms with Crippen LogP contribution in [-0.2, 0) is 31.6 Å². The molecule has 2 aromatic rings. The van der Waals surface area contributed by atoms with Crippen LogP contribution in [0.1, 0.15) is 18.1 Å². The molecule has 0 aliphatic carbocycles. The summed E-state index contributed by atoms with van der Waals surface area (Å²) in [5.74, 6) is 0. The zero-order chi connectivity index (χ0) is 16.5. The van der Waals surface area contributed by atoms with Gasteiger partial charge in [-0.05, 0) is 24.1 Å². The van der Waals surface area contributed by atoms with E-state index in [0.29, 0.717) is 0 Å². The van der Waals surface area contributed by atoms with E-state index in [4.69, 9.17) is 9.05 Å². The first-order valence-electron chi connectivity index (χ1n) is 7.28. The summed E-state index contributed by atoms with van der Waals surface area (Å²) >= 11 is 0. The summed E-state index contributed by atoms with van der Waals surface area (Å²) in [6.07, 6.45) is 2.74. The van der Waals surface area contributed by atoms with Crippen molar-refractivity contribution in [2.45, 2.75) is 20.1 Å². The molecule has 0 amide bonds. The molecule has 120 valence electrons. The van der Waals surface area contributed by atoms with E-state index in [1.54, 1.807) is 6.92 Å². The number of carbonyl (C=O) groups excluding carboxylic acids is 1. The molecule has 4 nitrogen and oxygen atoms in total. The Morgan fingerprint density at radius 3 is 1.74 bits per heavy atom. The van der Waals surface area contributed by atoms with Gasteiger partial charge in [-0.2, -0.15) is 0 Å². The Morgan fingerprint density at radius 2 is 1.35 bits per heavy atom. The van der Waals surface area contributed by atoms with Crippen molar-refractivity contribution >= 4 is 13.1 Å². The van der Waals surface area contributed by atoms with Gasteiger partial charge in [0.25, 0.3) is 5.52 Å². The van der Waals surface area contributed by atoms with Crippen LogP contribution < -0.4 is 0 Å². The molecule has 0 saturated carbocycles. The van der Waals surface area contributed by atoms with E-state index in [0.717, 1.165) is 11.1 Å². The fourth-order valence-electron chi connectivity index (χ4n) is 1.87. The molecule has 0 saturated heterocycles. The van der Waals surface area contributed by atoms with E-state index in [2.05, 4.69) is 0 Å². The van der Waals surface area contributed by atoms with Gasteiger partial charge in [-0.25, -0.2) is 0 Å². The third-order valence-electron chi connectivity index (χ3n) is 3.07. The number of hydrogen-bond acceptors (Lipinski definition) is 4. The quantitative estimate of drug-likeness (QED) is 0.519. The van der Waals surface area contributed by atoms with Crippen molar-refractivity contribution in [3.8, 4) is 0 Å². The molecule has 0 aliphatic heterocycles. The molecule has 0 fully saturated rings. The second-order valence-electron chi connectivity index (χ2n) is 4.85. The number of allylic oxidation sites excluding steroid dienone is 2. The van der Waals surface area contributed by atoms with Crippen LogP contribution in [0, 0.1) is 0 Å². The molecule has 0 aromatic heterocycles. The van der Waals surface area contributed by atoms with Crippen molar-refractivity contribution in [1.82, 2.24) is 0 Å². The Bertz CT molecular complexity index is 648. The van der Waals surface area contributed by atoms with Crippen molar-refractivity contribution < 1.29 is 18.4 Å². The monoisotopic (exact) mass is 330 g/mol. The summed E-state index contributed by atoms with van der Waals surface area (Å²) in [5, 5.41) is 0. The van der Waals surface area contributed by atoms with Crippen LogP contribution in [-0.4, -0.2) is 5.52 Å². The minimum absolute atomic E-state index is 0.0518. The molecule has 0 spiro atoms. The van der Waals surface area contributed by atoms with E-state index in [1.165, 1.54) is 12.2 Å². The zero-order valence-corrected chi connectivity index (χ0v) is 13.8. The van der Waals surface area contributed by atoms with E-state index in [9.17, 15) is 9.36 Å². The maximum atomic E-state index is 12.8. The molecule has 0 N–H and O–H groups in total. The van der Waals surface area contributed by atoms with Crippen molar-refractivity contribution in [1.29, 1.82) is 0 Å². The summed E-state index contributed by atoms with van der Waals surface area (Å²) in [4.78, 5) is 12.1. The van der Waals surface area contributed by atoms with E-state index in [-0.39, 0.29) is 13.2 Å². The lowest BCUT2D eigenvalue weighted by atomic mass is 10.2. The van der Waals surface area contributed by atoms with Gasteiger partial charge in [0, 0.05) is 0 Å². The van der Waals surface area contributed by atoms with Gasteiger partial charge in [-0.15, -0.1) is 0 Å². The maximum Gasteiger partial charge on any atom is 0.401 e. The number of carbonyl (C=O) groups is 1. The minimum atomic E-state index is -3.88. The highest BCUT2D eigenvalue weighted by Crippen LogP contribution is 2.51. The molecule has 2 aromatic carbocycles. The van der Waals surface area contributed by atoms with Crippen molar-refractivity contribution in [3.05, 3.63) is 83.9 Å². The Balaban J connectivity index is 2.08. The molecule has 0 bridgehead atoms. The van der Waals surface area contributed by atoms with Gasteiger partial charge in [0.05, 0.1) is 13.2 Å². The Kier molecular flexibility index (Phi) is 6.48. The van der Waals surface area contributed by atoms with Crippen LogP contribution in [0.5, 0.6) is 0 Å². The minimum Gasteiger partial charge on any atom is -0.298 e. The summed E-state index contributed by atoms with van der Waals surface area (Å²) in [7, 11) is -3.88. The van der Waals surface area contributed by atoms with Gasteiger partial charge in [0.15, 0.2) is 0 Å². The predicted molar refractivity (Wildman–Crippen MR) is 89.9 cm³/mol. The van der Waals surface area contributed by atoms with Crippen LogP contribution in [0.25, 0.3) is 0 Å². The lowest BCUT2D eigenvalue weighted by molar-refractivity contribution is -0.110. The Labute approximate surface area is 136 Å². The summed E-state index contributed by atoms with van der Waals surface area (Å²) in [6, 6.07) is 18.5. The standard InChI is InChI=1S/C18H19O4P/c1-2-9-18(19)23(20,21-14-16-10-5-3-6-11-16)22-15-17-12-7-4-8-13-17/h2-13H,14-15H2,1H3/b9-2+. The Hall–Kier alpha value is -2.00. The Morgan fingerprint density at radius 1 is 0.913 bits per heavy atom. The van der Waals surface area contributed by atoms with Crippen molar-refractivity contribution in [3.63, 3.8) is 0 Å².